The number of carboxylic acid groups (broad SMARTS) is 2. The topological polar surface area (TPSA) is 250 Å². The van der Waals surface area contributed by atoms with Crippen molar-refractivity contribution in [3.05, 3.63) is 56.2 Å². The zero-order valence-electron chi connectivity index (χ0n) is 30.6. The number of fused-ring (bicyclic) bond motifs is 2. The minimum atomic E-state index is -1.93. The number of aromatic hydroxyl groups is 2. The van der Waals surface area contributed by atoms with Crippen LogP contribution in [0.1, 0.15) is 51.8 Å². The summed E-state index contributed by atoms with van der Waals surface area (Å²) in [4.78, 5) is 75.6. The first-order chi connectivity index (χ1) is 25.4. The normalized spacial score (nSPS) is 20.8. The minimum Gasteiger partial charge on any atom is -0.546 e. The first kappa shape index (κ1) is 41.9. The van der Waals surface area contributed by atoms with E-state index in [0.29, 0.717) is 25.2 Å². The van der Waals surface area contributed by atoms with Gasteiger partial charge in [0.15, 0.2) is 33.8 Å². The Balaban J connectivity index is 0.00000580. The fourth-order valence-corrected chi connectivity index (χ4v) is 9.06. The molecule has 2 aromatic heterocycles. The third-order valence-electron chi connectivity index (χ3n) is 9.95. The van der Waals surface area contributed by atoms with E-state index in [2.05, 4.69) is 15.5 Å². The van der Waals surface area contributed by atoms with Crippen LogP contribution in [0.3, 0.4) is 0 Å². The van der Waals surface area contributed by atoms with Crippen molar-refractivity contribution in [2.24, 2.45) is 5.16 Å². The summed E-state index contributed by atoms with van der Waals surface area (Å²) in [7, 11) is 0. The molecule has 0 bridgehead atoms. The number of halogens is 1. The van der Waals surface area contributed by atoms with Gasteiger partial charge >= 0.3 is 35.5 Å². The number of quaternary nitrogens is 1. The maximum atomic E-state index is 15.3. The molecule has 6 N–H and O–H groups in total. The number of likely N-dealkylation sites (tertiary alicyclic amines) is 1. The van der Waals surface area contributed by atoms with Crippen molar-refractivity contribution in [2.45, 2.75) is 75.9 Å². The fourth-order valence-electron chi connectivity index (χ4n) is 7.07. The van der Waals surface area contributed by atoms with Crippen molar-refractivity contribution in [2.75, 3.05) is 25.4 Å². The molecule has 6 rings (SSSR count). The summed E-state index contributed by atoms with van der Waals surface area (Å²) >= 11 is 2.24. The largest absolute Gasteiger partial charge is 1.00 e. The molecule has 0 aliphatic carbocycles. The van der Waals surface area contributed by atoms with Crippen LogP contribution in [-0.4, -0.2) is 106 Å². The van der Waals surface area contributed by atoms with E-state index in [1.807, 2.05) is 0 Å². The van der Waals surface area contributed by atoms with Gasteiger partial charge in [0.25, 0.3) is 11.8 Å². The molecular formula is C34H38FN7NaO10S2+. The first-order valence-electron chi connectivity index (χ1n) is 17.0. The number of β-lactam (4-membered cyclic amide) rings is 1. The molecule has 0 saturated carbocycles. The number of carbonyl (C=O) groups excluding carboxylic acids is 3. The number of aliphatic carboxylic acids is 2. The Bertz CT molecular complexity index is 2220. The number of nitrogens with two attached hydrogens (primary N) is 1. The number of nitrogens with zero attached hydrogens (tertiary/aromatic N) is 5. The molecule has 21 heteroatoms. The van der Waals surface area contributed by atoms with Crippen LogP contribution in [-0.2, 0) is 37.1 Å². The second-order valence-electron chi connectivity index (χ2n) is 13.9. The number of hydrogen-bond donors (Lipinski definition) is 5. The van der Waals surface area contributed by atoms with Crippen LogP contribution >= 0.6 is 23.1 Å². The number of benzene rings is 1. The summed E-state index contributed by atoms with van der Waals surface area (Å²) < 4.78 is 17.1. The zero-order chi connectivity index (χ0) is 39.4. The standard InChI is InChI=1S/C34H38FN7O10S2.Na/c1-5-40-11-16(26(44)21-19(40)10-20(43)27(45)22(21)35)12-42(8-6-7-9-42)13-17-15(2)54-30-24(29(47)41(30)25(17)31(48)49)38-28(46)23(18-14-53-33(36)37-18)39-52-34(3,4)32(50)51;/h10-11,14-15,24,30H,5-9,12-13H2,1-4H3,(H6-,36,37,38,39,43,44,45,46,48,49,50,51);/q;+1/t15-,24+,30+;/m0./s1. The van der Waals surface area contributed by atoms with Gasteiger partial charge in [0.1, 0.15) is 35.9 Å². The monoisotopic (exact) mass is 810 g/mol. The van der Waals surface area contributed by atoms with E-state index in [0.717, 1.165) is 49.0 Å². The summed E-state index contributed by atoms with van der Waals surface area (Å²) in [6.07, 6.45) is 3.13. The number of nitrogen functional groups attached to an aromatic ring is 1. The van der Waals surface area contributed by atoms with Crippen molar-refractivity contribution in [1.29, 1.82) is 0 Å². The third-order valence-corrected chi connectivity index (χ3v) is 12.1. The number of thiazole rings is 1. The number of pyridine rings is 1. The quantitative estimate of drug-likeness (QED) is 0.0326. The number of phenols is 2. The third kappa shape index (κ3) is 7.67. The number of amides is 2. The van der Waals surface area contributed by atoms with Crippen LogP contribution in [0.15, 0.2) is 38.9 Å². The summed E-state index contributed by atoms with van der Waals surface area (Å²) in [6, 6.07) is -0.0558. The molecule has 288 valence electrons. The number of phenolic OH excluding ortho intramolecular Hbond substituents is 2. The molecule has 1 aromatic carbocycles. The molecule has 0 unspecified atom stereocenters. The Labute approximate surface area is 343 Å². The van der Waals surface area contributed by atoms with Crippen LogP contribution in [0.4, 0.5) is 9.52 Å². The second kappa shape index (κ2) is 15.7. The Morgan fingerprint density at radius 3 is 2.47 bits per heavy atom. The number of aryl methyl sites for hydroxylation is 1. The van der Waals surface area contributed by atoms with Gasteiger partial charge in [-0.3, -0.25) is 19.3 Å². The summed E-state index contributed by atoms with van der Waals surface area (Å²) in [6.45, 7) is 7.62. The van der Waals surface area contributed by atoms with Gasteiger partial charge in [-0.1, -0.05) is 5.16 Å². The van der Waals surface area contributed by atoms with Gasteiger partial charge in [-0.05, 0) is 27.7 Å². The molecule has 2 amide bonds. The Morgan fingerprint density at radius 1 is 1.22 bits per heavy atom. The van der Waals surface area contributed by atoms with Crippen molar-refractivity contribution in [3.63, 3.8) is 0 Å². The van der Waals surface area contributed by atoms with Gasteiger partial charge < -0.3 is 50.2 Å². The molecule has 3 aliphatic rings. The Hall–Kier alpha value is -4.21. The molecule has 2 saturated heterocycles. The van der Waals surface area contributed by atoms with Crippen LogP contribution < -0.4 is 51.1 Å². The molecule has 0 radical (unpaired) electrons. The van der Waals surface area contributed by atoms with Crippen molar-refractivity contribution < 1.29 is 82.9 Å². The number of aromatic nitrogens is 2. The summed E-state index contributed by atoms with van der Waals surface area (Å²) in [5.74, 6) is -7.56. The predicted molar refractivity (Wildman–Crippen MR) is 192 cm³/mol. The van der Waals surface area contributed by atoms with E-state index >= 15 is 4.39 Å². The van der Waals surface area contributed by atoms with Crippen LogP contribution in [0.5, 0.6) is 11.5 Å². The fraction of sp³-hybridized carbons (Fsp3) is 0.441. The van der Waals surface area contributed by atoms with E-state index < -0.39 is 74.5 Å². The Kier molecular flexibility index (Phi) is 12.0. The molecule has 3 atom stereocenters. The maximum absolute atomic E-state index is 15.3. The Morgan fingerprint density at radius 2 is 1.89 bits per heavy atom. The number of carboxylic acids is 2. The maximum Gasteiger partial charge on any atom is 1.00 e. The van der Waals surface area contributed by atoms with Crippen LogP contribution in [0.25, 0.3) is 10.9 Å². The van der Waals surface area contributed by atoms with Gasteiger partial charge in [-0.25, -0.2) is 14.2 Å². The SMILES string of the molecule is CCn1cc(C[N+]2(CC3=C(C(=O)O)N4C(=O)[C@@H](NC(=O)/C(=N\OC(C)(C)C(=O)[O-])c5csc(N)n5)[C@H]4S[C@H]3C)CCCC2)c(=O)c2c(F)c(O)c(O)cc21.[Na+]. The van der Waals surface area contributed by atoms with Gasteiger partial charge in [0.2, 0.25) is 5.43 Å². The number of anilines is 1. The van der Waals surface area contributed by atoms with Gasteiger partial charge in [0.05, 0.1) is 35.5 Å². The van der Waals surface area contributed by atoms with E-state index in [9.17, 15) is 44.4 Å². The van der Waals surface area contributed by atoms with Crippen molar-refractivity contribution >= 4 is 68.6 Å². The zero-order valence-corrected chi connectivity index (χ0v) is 34.3. The van der Waals surface area contributed by atoms with Gasteiger partial charge in [-0.2, -0.15) is 0 Å². The number of carbonyl (C=O) groups is 4. The number of nitrogens with one attached hydrogen (secondary N) is 1. The van der Waals surface area contributed by atoms with Crippen LogP contribution in [0, 0.1) is 5.82 Å². The minimum absolute atomic E-state index is 0. The molecule has 3 aromatic rings. The average molecular weight is 811 g/mol. The second-order valence-corrected chi connectivity index (χ2v) is 16.3. The van der Waals surface area contributed by atoms with Gasteiger partial charge in [-0.15, -0.1) is 23.1 Å². The smallest absolute Gasteiger partial charge is 0.546 e. The molecule has 17 nitrogen and oxygen atoms in total. The van der Waals surface area contributed by atoms with E-state index in [1.54, 1.807) is 24.6 Å². The number of oxime groups is 1. The van der Waals surface area contributed by atoms with Crippen LogP contribution in [0.2, 0.25) is 0 Å². The summed E-state index contributed by atoms with van der Waals surface area (Å²) in [5, 5.41) is 48.2. The average Bonchev–Trinajstić information content (AvgIpc) is 3.76. The number of thioether (sulfide) groups is 1. The van der Waals surface area contributed by atoms with E-state index in [-0.39, 0.29) is 80.1 Å². The van der Waals surface area contributed by atoms with E-state index in [1.165, 1.54) is 17.1 Å². The molecule has 5 heterocycles. The number of rotatable bonds is 12. The molecule has 55 heavy (non-hydrogen) atoms. The molecule has 2 fully saturated rings. The molecular weight excluding hydrogens is 773 g/mol. The van der Waals surface area contributed by atoms with E-state index in [4.69, 9.17) is 10.6 Å². The van der Waals surface area contributed by atoms with Crippen molar-refractivity contribution in [1.82, 2.24) is 19.8 Å². The van der Waals surface area contributed by atoms with Crippen molar-refractivity contribution in [3.8, 4) is 11.5 Å². The van der Waals surface area contributed by atoms with Gasteiger partial charge in [0, 0.05) is 47.9 Å². The predicted octanol–water partition coefficient (Wildman–Crippen LogP) is -2.20. The summed E-state index contributed by atoms with van der Waals surface area (Å²) in [5.41, 5.74) is 3.23. The molecule has 0 spiro atoms. The number of hydrogen-bond acceptors (Lipinski definition) is 14. The molecule has 3 aliphatic heterocycles. The first-order valence-corrected chi connectivity index (χ1v) is 18.8.